The molecule has 2 N–H and O–H groups in total. The number of benzene rings is 1. The van der Waals surface area contributed by atoms with Crippen LogP contribution in [0.4, 0.5) is 0 Å². The quantitative estimate of drug-likeness (QED) is 0.279. The number of hydrogen-bond donors (Lipinski definition) is 2. The molecule has 136 valence electrons. The zero-order chi connectivity index (χ0) is 16.2. The molecule has 1 aliphatic heterocycles. The fourth-order valence-electron chi connectivity index (χ4n) is 2.47. The Morgan fingerprint density at radius 3 is 2.67 bits per heavy atom. The number of rotatable bonds is 8. The van der Waals surface area contributed by atoms with Crippen LogP contribution in [-0.2, 0) is 16.0 Å². The normalized spacial score (nSPS) is 15.6. The van der Waals surface area contributed by atoms with Gasteiger partial charge in [-0.05, 0) is 31.7 Å². The van der Waals surface area contributed by atoms with E-state index in [-0.39, 0.29) is 24.0 Å². The molecular weight excluding hydrogens is 417 g/mol. The molecule has 0 amide bonds. The van der Waals surface area contributed by atoms with E-state index in [9.17, 15) is 0 Å². The molecule has 1 aromatic rings. The predicted octanol–water partition coefficient (Wildman–Crippen LogP) is 2.95. The van der Waals surface area contributed by atoms with Gasteiger partial charge in [0.25, 0.3) is 0 Å². The third-order valence-electron chi connectivity index (χ3n) is 3.74. The molecule has 0 spiro atoms. The summed E-state index contributed by atoms with van der Waals surface area (Å²) in [6.45, 7) is 6.95. The number of aliphatic imine (C=N–C) groups is 1. The van der Waals surface area contributed by atoms with Gasteiger partial charge in [-0.1, -0.05) is 30.3 Å². The third kappa shape index (κ3) is 8.84. The van der Waals surface area contributed by atoms with Crippen LogP contribution < -0.4 is 10.6 Å². The molecule has 0 aliphatic carbocycles. The van der Waals surface area contributed by atoms with Gasteiger partial charge in [0.2, 0.25) is 0 Å². The van der Waals surface area contributed by atoms with Crippen molar-refractivity contribution in [2.75, 3.05) is 32.9 Å². The van der Waals surface area contributed by atoms with Gasteiger partial charge in [0.1, 0.15) is 0 Å². The minimum Gasteiger partial charge on any atom is -0.381 e. The maximum absolute atomic E-state index is 5.87. The lowest BCUT2D eigenvalue weighted by Gasteiger charge is -2.22. The van der Waals surface area contributed by atoms with Crippen LogP contribution in [0.25, 0.3) is 0 Å². The van der Waals surface area contributed by atoms with Gasteiger partial charge in [-0.2, -0.15) is 0 Å². The number of nitrogens with zero attached hydrogens (tertiary/aromatic N) is 1. The number of ether oxygens (including phenoxy) is 2. The Kier molecular flexibility index (Phi) is 11.9. The molecule has 0 atom stereocenters. The van der Waals surface area contributed by atoms with Crippen LogP contribution in [0.5, 0.6) is 0 Å². The monoisotopic (exact) mass is 447 g/mol. The maximum Gasteiger partial charge on any atom is 0.191 e. The Morgan fingerprint density at radius 1 is 1.21 bits per heavy atom. The van der Waals surface area contributed by atoms with Crippen molar-refractivity contribution in [1.82, 2.24) is 10.6 Å². The fraction of sp³-hybridized carbons (Fsp3) is 0.611. The Balaban J connectivity index is 0.00000288. The van der Waals surface area contributed by atoms with Crippen molar-refractivity contribution in [1.29, 1.82) is 0 Å². The molecule has 0 unspecified atom stereocenters. The highest BCUT2D eigenvalue weighted by Crippen LogP contribution is 2.10. The van der Waals surface area contributed by atoms with Crippen molar-refractivity contribution in [3.63, 3.8) is 0 Å². The summed E-state index contributed by atoms with van der Waals surface area (Å²) in [6.07, 6.45) is 3.40. The average molecular weight is 447 g/mol. The van der Waals surface area contributed by atoms with E-state index in [0.29, 0.717) is 12.6 Å². The van der Waals surface area contributed by atoms with Crippen molar-refractivity contribution in [2.24, 2.45) is 4.99 Å². The van der Waals surface area contributed by atoms with Gasteiger partial charge >= 0.3 is 0 Å². The van der Waals surface area contributed by atoms with Gasteiger partial charge < -0.3 is 20.1 Å². The molecule has 0 bridgehead atoms. The molecule has 1 aromatic carbocycles. The first-order valence-corrected chi connectivity index (χ1v) is 8.64. The van der Waals surface area contributed by atoms with Gasteiger partial charge in [-0.25, -0.2) is 4.99 Å². The van der Waals surface area contributed by atoms with Crippen LogP contribution in [-0.4, -0.2) is 45.0 Å². The van der Waals surface area contributed by atoms with Crippen LogP contribution in [0.15, 0.2) is 35.3 Å². The molecule has 1 fully saturated rings. The summed E-state index contributed by atoms with van der Waals surface area (Å²) in [5, 5.41) is 6.64. The maximum atomic E-state index is 5.87. The van der Waals surface area contributed by atoms with E-state index in [1.54, 1.807) is 0 Å². The van der Waals surface area contributed by atoms with Gasteiger partial charge in [0.05, 0.1) is 12.6 Å². The molecule has 0 radical (unpaired) electrons. The number of hydrogen-bond acceptors (Lipinski definition) is 3. The Labute approximate surface area is 162 Å². The van der Waals surface area contributed by atoms with Gasteiger partial charge in [0.15, 0.2) is 5.96 Å². The summed E-state index contributed by atoms with van der Waals surface area (Å²) in [7, 11) is 0. The lowest BCUT2D eigenvalue weighted by atomic mass is 10.1. The van der Waals surface area contributed by atoms with E-state index in [1.807, 2.05) is 18.2 Å². The summed E-state index contributed by atoms with van der Waals surface area (Å²) < 4.78 is 11.2. The van der Waals surface area contributed by atoms with Crippen LogP contribution in [0.1, 0.15) is 31.7 Å². The fourth-order valence-corrected chi connectivity index (χ4v) is 2.47. The SMILES string of the molecule is CCNC(=NCc1ccccc1)NCCCOC1CCOCC1.I. The Hall–Kier alpha value is -0.860. The Morgan fingerprint density at radius 2 is 1.96 bits per heavy atom. The van der Waals surface area contributed by atoms with Crippen molar-refractivity contribution in [2.45, 2.75) is 38.8 Å². The second-order valence-corrected chi connectivity index (χ2v) is 5.64. The van der Waals surface area contributed by atoms with E-state index < -0.39 is 0 Å². The molecule has 1 heterocycles. The second-order valence-electron chi connectivity index (χ2n) is 5.64. The standard InChI is InChI=1S/C18H29N3O2.HI/c1-2-19-18(21-15-16-7-4-3-5-8-16)20-11-6-12-23-17-9-13-22-14-10-17;/h3-5,7-8,17H,2,6,9-15H2,1H3,(H2,19,20,21);1H. The highest BCUT2D eigenvalue weighted by molar-refractivity contribution is 14.0. The van der Waals surface area contributed by atoms with E-state index in [0.717, 1.165) is 58.1 Å². The molecule has 1 saturated heterocycles. The minimum absolute atomic E-state index is 0. The predicted molar refractivity (Wildman–Crippen MR) is 109 cm³/mol. The van der Waals surface area contributed by atoms with E-state index >= 15 is 0 Å². The van der Waals surface area contributed by atoms with Gasteiger partial charge in [-0.15, -0.1) is 24.0 Å². The van der Waals surface area contributed by atoms with Gasteiger partial charge in [0, 0.05) is 32.9 Å². The molecule has 24 heavy (non-hydrogen) atoms. The number of guanidine groups is 1. The molecule has 2 rings (SSSR count). The van der Waals surface area contributed by atoms with Crippen molar-refractivity contribution in [3.8, 4) is 0 Å². The molecule has 0 saturated carbocycles. The molecule has 6 heteroatoms. The van der Waals surface area contributed by atoms with Crippen LogP contribution in [0.3, 0.4) is 0 Å². The van der Waals surface area contributed by atoms with Crippen molar-refractivity contribution in [3.05, 3.63) is 35.9 Å². The summed E-state index contributed by atoms with van der Waals surface area (Å²) in [5.74, 6) is 0.863. The second kappa shape index (κ2) is 13.4. The van der Waals surface area contributed by atoms with Gasteiger partial charge in [-0.3, -0.25) is 0 Å². The van der Waals surface area contributed by atoms with Crippen molar-refractivity contribution < 1.29 is 9.47 Å². The van der Waals surface area contributed by atoms with E-state index in [2.05, 4.69) is 34.7 Å². The Bertz CT molecular complexity index is 451. The summed E-state index contributed by atoms with van der Waals surface area (Å²) in [4.78, 5) is 4.61. The smallest absolute Gasteiger partial charge is 0.191 e. The summed E-state index contributed by atoms with van der Waals surface area (Å²) in [5.41, 5.74) is 1.22. The topological polar surface area (TPSA) is 54.9 Å². The third-order valence-corrected chi connectivity index (χ3v) is 3.74. The minimum atomic E-state index is 0. The molecule has 1 aliphatic rings. The largest absolute Gasteiger partial charge is 0.381 e. The summed E-state index contributed by atoms with van der Waals surface area (Å²) in [6, 6.07) is 10.3. The van der Waals surface area contributed by atoms with Crippen molar-refractivity contribution >= 4 is 29.9 Å². The lowest BCUT2D eigenvalue weighted by Crippen LogP contribution is -2.38. The highest BCUT2D eigenvalue weighted by atomic mass is 127. The van der Waals surface area contributed by atoms with Crippen LogP contribution >= 0.6 is 24.0 Å². The average Bonchev–Trinajstić information content (AvgIpc) is 2.61. The van der Waals surface area contributed by atoms with E-state index in [4.69, 9.17) is 9.47 Å². The first kappa shape index (κ1) is 21.2. The number of nitrogens with one attached hydrogen (secondary N) is 2. The van der Waals surface area contributed by atoms with E-state index in [1.165, 1.54) is 5.56 Å². The molecule has 0 aromatic heterocycles. The van der Waals surface area contributed by atoms with Crippen LogP contribution in [0, 0.1) is 0 Å². The van der Waals surface area contributed by atoms with Crippen LogP contribution in [0.2, 0.25) is 0 Å². The first-order valence-electron chi connectivity index (χ1n) is 8.64. The lowest BCUT2D eigenvalue weighted by molar-refractivity contribution is -0.0320. The zero-order valence-electron chi connectivity index (χ0n) is 14.5. The molecular formula is C18H30IN3O2. The first-order chi connectivity index (χ1) is 11.4. The highest BCUT2D eigenvalue weighted by Gasteiger charge is 2.13. The zero-order valence-corrected chi connectivity index (χ0v) is 16.8. The number of halogens is 1. The summed E-state index contributed by atoms with van der Waals surface area (Å²) >= 11 is 0. The molecule has 5 nitrogen and oxygen atoms in total.